The smallest absolute Gasteiger partial charge is 0.0938 e. The Labute approximate surface area is 102 Å². The summed E-state index contributed by atoms with van der Waals surface area (Å²) < 4.78 is 0. The fraction of sp³-hybridized carbons (Fsp3) is 0.643. The predicted molar refractivity (Wildman–Crippen MR) is 66.7 cm³/mol. The fourth-order valence-corrected chi connectivity index (χ4v) is 3.31. The molecule has 2 unspecified atom stereocenters. The minimum absolute atomic E-state index is 0.578. The van der Waals surface area contributed by atoms with E-state index in [9.17, 15) is 5.11 Å². The van der Waals surface area contributed by atoms with E-state index < -0.39 is 5.60 Å². The summed E-state index contributed by atoms with van der Waals surface area (Å²) in [5, 5.41) is 10.8. The zero-order chi connectivity index (χ0) is 11.9. The van der Waals surface area contributed by atoms with Crippen LogP contribution in [0.5, 0.6) is 0 Å². The molecule has 1 N–H and O–H groups in total. The second-order valence-electron chi connectivity index (χ2n) is 5.57. The third kappa shape index (κ3) is 1.98. The predicted octanol–water partition coefficient (Wildman–Crippen LogP) is 1.84. The molecule has 2 atom stereocenters. The SMILES string of the molecule is Cc1cncc(C2(O)CCN3CCCC3C2)c1. The topological polar surface area (TPSA) is 36.4 Å². The summed E-state index contributed by atoms with van der Waals surface area (Å²) >= 11 is 0. The van der Waals surface area contributed by atoms with Crippen molar-refractivity contribution in [3.8, 4) is 0 Å². The Morgan fingerprint density at radius 3 is 3.12 bits per heavy atom. The van der Waals surface area contributed by atoms with Crippen molar-refractivity contribution in [2.24, 2.45) is 0 Å². The maximum absolute atomic E-state index is 10.8. The second-order valence-corrected chi connectivity index (χ2v) is 5.57. The summed E-state index contributed by atoms with van der Waals surface area (Å²) in [4.78, 5) is 6.74. The minimum atomic E-state index is -0.648. The van der Waals surface area contributed by atoms with Gasteiger partial charge in [-0.05, 0) is 44.7 Å². The number of fused-ring (bicyclic) bond motifs is 1. The first-order valence-electron chi connectivity index (χ1n) is 6.56. The van der Waals surface area contributed by atoms with Crippen LogP contribution >= 0.6 is 0 Å². The van der Waals surface area contributed by atoms with Gasteiger partial charge in [-0.3, -0.25) is 4.98 Å². The first kappa shape index (κ1) is 11.2. The molecule has 2 saturated heterocycles. The number of rotatable bonds is 1. The molecule has 92 valence electrons. The molecule has 2 aliphatic heterocycles. The molecule has 0 bridgehead atoms. The number of pyridine rings is 1. The van der Waals surface area contributed by atoms with Crippen molar-refractivity contribution in [3.63, 3.8) is 0 Å². The van der Waals surface area contributed by atoms with E-state index in [4.69, 9.17) is 0 Å². The Kier molecular flexibility index (Phi) is 2.68. The first-order valence-corrected chi connectivity index (χ1v) is 6.56. The van der Waals surface area contributed by atoms with E-state index in [1.54, 1.807) is 0 Å². The Hall–Kier alpha value is -0.930. The summed E-state index contributed by atoms with van der Waals surface area (Å²) in [7, 11) is 0. The number of hydrogen-bond donors (Lipinski definition) is 1. The molecular weight excluding hydrogens is 212 g/mol. The van der Waals surface area contributed by atoms with Crippen LogP contribution in [0.2, 0.25) is 0 Å². The fourth-order valence-electron chi connectivity index (χ4n) is 3.31. The highest BCUT2D eigenvalue weighted by Crippen LogP contribution is 2.39. The Balaban J connectivity index is 1.86. The van der Waals surface area contributed by atoms with Gasteiger partial charge >= 0.3 is 0 Å². The maximum atomic E-state index is 10.8. The molecule has 17 heavy (non-hydrogen) atoms. The molecule has 0 saturated carbocycles. The second kappa shape index (κ2) is 4.07. The van der Waals surface area contributed by atoms with Gasteiger partial charge in [0.2, 0.25) is 0 Å². The number of aryl methyl sites for hydroxylation is 1. The molecule has 1 aromatic heterocycles. The van der Waals surface area contributed by atoms with E-state index in [0.29, 0.717) is 6.04 Å². The van der Waals surface area contributed by atoms with Crippen molar-refractivity contribution in [3.05, 3.63) is 29.6 Å². The van der Waals surface area contributed by atoms with Crippen molar-refractivity contribution < 1.29 is 5.11 Å². The number of aliphatic hydroxyl groups is 1. The monoisotopic (exact) mass is 232 g/mol. The third-order valence-corrected chi connectivity index (χ3v) is 4.30. The molecule has 3 rings (SSSR count). The van der Waals surface area contributed by atoms with Crippen LogP contribution in [-0.4, -0.2) is 34.1 Å². The van der Waals surface area contributed by atoms with Crippen LogP contribution in [0.15, 0.2) is 18.5 Å². The molecule has 1 aromatic rings. The van der Waals surface area contributed by atoms with Crippen molar-refractivity contribution >= 4 is 0 Å². The lowest BCUT2D eigenvalue weighted by atomic mass is 9.81. The minimum Gasteiger partial charge on any atom is -0.385 e. The Morgan fingerprint density at radius 1 is 1.41 bits per heavy atom. The van der Waals surface area contributed by atoms with Gasteiger partial charge in [0.15, 0.2) is 0 Å². The molecule has 0 aliphatic carbocycles. The van der Waals surface area contributed by atoms with Crippen molar-refractivity contribution in [2.75, 3.05) is 13.1 Å². The van der Waals surface area contributed by atoms with Gasteiger partial charge in [-0.15, -0.1) is 0 Å². The van der Waals surface area contributed by atoms with Crippen molar-refractivity contribution in [1.29, 1.82) is 0 Å². The molecule has 0 amide bonds. The summed E-state index contributed by atoms with van der Waals surface area (Å²) in [6.45, 7) is 4.27. The lowest BCUT2D eigenvalue weighted by Gasteiger charge is -2.41. The highest BCUT2D eigenvalue weighted by atomic mass is 16.3. The van der Waals surface area contributed by atoms with E-state index in [2.05, 4.69) is 16.0 Å². The molecule has 0 spiro atoms. The average Bonchev–Trinajstić information content (AvgIpc) is 2.76. The lowest BCUT2D eigenvalue weighted by molar-refractivity contribution is -0.0411. The maximum Gasteiger partial charge on any atom is 0.0938 e. The quantitative estimate of drug-likeness (QED) is 0.802. The van der Waals surface area contributed by atoms with E-state index >= 15 is 0 Å². The van der Waals surface area contributed by atoms with Crippen LogP contribution in [0.3, 0.4) is 0 Å². The van der Waals surface area contributed by atoms with Gasteiger partial charge in [0.1, 0.15) is 0 Å². The highest BCUT2D eigenvalue weighted by Gasteiger charge is 2.41. The van der Waals surface area contributed by atoms with Crippen LogP contribution in [0.4, 0.5) is 0 Å². The van der Waals surface area contributed by atoms with Crippen LogP contribution < -0.4 is 0 Å². The molecule has 3 heteroatoms. The summed E-state index contributed by atoms with van der Waals surface area (Å²) in [5.41, 5.74) is 1.48. The van der Waals surface area contributed by atoms with E-state index in [-0.39, 0.29) is 0 Å². The Morgan fingerprint density at radius 2 is 2.29 bits per heavy atom. The first-order chi connectivity index (χ1) is 8.17. The molecule has 2 fully saturated rings. The van der Waals surface area contributed by atoms with E-state index in [1.165, 1.54) is 19.4 Å². The summed E-state index contributed by atoms with van der Waals surface area (Å²) in [5.74, 6) is 0. The number of piperidine rings is 1. The molecule has 3 nitrogen and oxygen atoms in total. The van der Waals surface area contributed by atoms with E-state index in [0.717, 1.165) is 30.5 Å². The summed E-state index contributed by atoms with van der Waals surface area (Å²) in [6, 6.07) is 2.66. The molecule has 2 aliphatic rings. The van der Waals surface area contributed by atoms with Crippen LogP contribution in [0.25, 0.3) is 0 Å². The molecule has 3 heterocycles. The normalized spacial score (nSPS) is 33.6. The number of aromatic nitrogens is 1. The van der Waals surface area contributed by atoms with Crippen LogP contribution in [-0.2, 0) is 5.60 Å². The van der Waals surface area contributed by atoms with E-state index in [1.807, 2.05) is 19.3 Å². The number of hydrogen-bond acceptors (Lipinski definition) is 3. The van der Waals surface area contributed by atoms with Crippen LogP contribution in [0.1, 0.15) is 36.8 Å². The average molecular weight is 232 g/mol. The van der Waals surface area contributed by atoms with Gasteiger partial charge in [0.05, 0.1) is 5.60 Å². The van der Waals surface area contributed by atoms with Gasteiger partial charge < -0.3 is 10.0 Å². The van der Waals surface area contributed by atoms with Crippen molar-refractivity contribution in [2.45, 2.75) is 44.2 Å². The standard InChI is InChI=1S/C14H20N2O/c1-11-7-12(10-15-9-11)14(17)4-6-16-5-2-3-13(16)8-14/h7,9-10,13,17H,2-6,8H2,1H3. The van der Waals surface area contributed by atoms with Crippen LogP contribution in [0, 0.1) is 6.92 Å². The molecular formula is C14H20N2O. The van der Waals surface area contributed by atoms with Gasteiger partial charge in [0.25, 0.3) is 0 Å². The van der Waals surface area contributed by atoms with Crippen molar-refractivity contribution in [1.82, 2.24) is 9.88 Å². The molecule has 0 radical (unpaired) electrons. The van der Waals surface area contributed by atoms with Gasteiger partial charge in [-0.25, -0.2) is 0 Å². The van der Waals surface area contributed by atoms with Gasteiger partial charge in [0, 0.05) is 30.5 Å². The zero-order valence-corrected chi connectivity index (χ0v) is 10.4. The summed E-state index contributed by atoms with van der Waals surface area (Å²) in [6.07, 6.45) is 7.91. The lowest BCUT2D eigenvalue weighted by Crippen LogP contribution is -2.46. The third-order valence-electron chi connectivity index (χ3n) is 4.30. The highest BCUT2D eigenvalue weighted by molar-refractivity contribution is 5.24. The van der Waals surface area contributed by atoms with Gasteiger partial charge in [-0.1, -0.05) is 6.07 Å². The molecule has 0 aromatic carbocycles. The van der Waals surface area contributed by atoms with Gasteiger partial charge in [-0.2, -0.15) is 0 Å². The zero-order valence-electron chi connectivity index (χ0n) is 10.4. The Bertz CT molecular complexity index is 420. The number of nitrogens with zero attached hydrogens (tertiary/aromatic N) is 2. The largest absolute Gasteiger partial charge is 0.385 e.